The van der Waals surface area contributed by atoms with E-state index in [0.717, 1.165) is 16.7 Å². The minimum absolute atomic E-state index is 0.154. The van der Waals surface area contributed by atoms with Gasteiger partial charge in [0.1, 0.15) is 11.5 Å². The molecule has 0 amide bonds. The molecule has 0 fully saturated rings. The highest BCUT2D eigenvalue weighted by atomic mass is 19.1. The van der Waals surface area contributed by atoms with E-state index in [1.165, 1.54) is 12.1 Å². The number of carbonyl (C=O) groups excluding carboxylic acids is 1. The molecule has 0 bridgehead atoms. The Kier molecular flexibility index (Phi) is 4.14. The van der Waals surface area contributed by atoms with Gasteiger partial charge >= 0.3 is 5.97 Å². The Morgan fingerprint density at radius 3 is 2.17 bits per heavy atom. The van der Waals surface area contributed by atoms with Gasteiger partial charge in [-0.2, -0.15) is 10.3 Å². The first-order valence-electron chi connectivity index (χ1n) is 7.13. The van der Waals surface area contributed by atoms with Crippen LogP contribution in [0, 0.1) is 5.82 Å². The van der Waals surface area contributed by atoms with Gasteiger partial charge in [0.25, 0.3) is 0 Å². The van der Waals surface area contributed by atoms with Crippen LogP contribution in [0.3, 0.4) is 0 Å². The number of ether oxygens (including phenoxy) is 1. The van der Waals surface area contributed by atoms with Crippen LogP contribution >= 0.6 is 0 Å². The molecule has 1 N–H and O–H groups in total. The SMILES string of the molecule is CCOC(=O)c1n[nH]nc1-c1ccc(-c2ccc(F)cc2)cc1. The fourth-order valence-corrected chi connectivity index (χ4v) is 2.24. The van der Waals surface area contributed by atoms with E-state index in [0.29, 0.717) is 5.69 Å². The van der Waals surface area contributed by atoms with Crippen LogP contribution in [-0.4, -0.2) is 28.0 Å². The van der Waals surface area contributed by atoms with E-state index in [1.54, 1.807) is 19.1 Å². The summed E-state index contributed by atoms with van der Waals surface area (Å²) in [4.78, 5) is 11.8. The zero-order chi connectivity index (χ0) is 16.2. The normalized spacial score (nSPS) is 10.5. The highest BCUT2D eigenvalue weighted by Crippen LogP contribution is 2.25. The second-order valence-electron chi connectivity index (χ2n) is 4.83. The lowest BCUT2D eigenvalue weighted by atomic mass is 10.0. The summed E-state index contributed by atoms with van der Waals surface area (Å²) in [6.07, 6.45) is 0. The molecule has 0 unspecified atom stereocenters. The predicted molar refractivity (Wildman–Crippen MR) is 83.2 cm³/mol. The molecule has 3 aromatic rings. The van der Waals surface area contributed by atoms with Crippen molar-refractivity contribution >= 4 is 5.97 Å². The fraction of sp³-hybridized carbons (Fsp3) is 0.118. The Bertz CT molecular complexity index is 811. The molecule has 3 rings (SSSR count). The van der Waals surface area contributed by atoms with Crippen LogP contribution in [0.1, 0.15) is 17.4 Å². The molecule has 1 heterocycles. The lowest BCUT2D eigenvalue weighted by molar-refractivity contribution is 0.0520. The van der Waals surface area contributed by atoms with Crippen LogP contribution in [0.15, 0.2) is 48.5 Å². The van der Waals surface area contributed by atoms with Gasteiger partial charge in [-0.25, -0.2) is 9.18 Å². The summed E-state index contributed by atoms with van der Waals surface area (Å²) >= 11 is 0. The molecule has 1 aromatic heterocycles. The largest absolute Gasteiger partial charge is 0.461 e. The first-order chi connectivity index (χ1) is 11.2. The average molecular weight is 311 g/mol. The van der Waals surface area contributed by atoms with Crippen LogP contribution in [0.25, 0.3) is 22.4 Å². The summed E-state index contributed by atoms with van der Waals surface area (Å²) in [6, 6.07) is 13.7. The topological polar surface area (TPSA) is 67.9 Å². The summed E-state index contributed by atoms with van der Waals surface area (Å²) in [5, 5.41) is 10.3. The second kappa shape index (κ2) is 6.39. The van der Waals surface area contributed by atoms with Crippen molar-refractivity contribution in [1.29, 1.82) is 0 Å². The molecule has 0 aliphatic rings. The maximum Gasteiger partial charge on any atom is 0.361 e. The lowest BCUT2D eigenvalue weighted by Gasteiger charge is -2.04. The van der Waals surface area contributed by atoms with Gasteiger partial charge in [-0.05, 0) is 30.2 Å². The molecular weight excluding hydrogens is 297 g/mol. The average Bonchev–Trinajstić information content (AvgIpc) is 3.06. The highest BCUT2D eigenvalue weighted by molar-refractivity contribution is 5.94. The number of H-pyrrole nitrogens is 1. The summed E-state index contributed by atoms with van der Waals surface area (Å²) in [5.74, 6) is -0.786. The van der Waals surface area contributed by atoms with Crippen LogP contribution in [0.5, 0.6) is 0 Å². The zero-order valence-corrected chi connectivity index (χ0v) is 12.4. The third-order valence-corrected chi connectivity index (χ3v) is 3.35. The number of carbonyl (C=O) groups is 1. The molecule has 6 heteroatoms. The second-order valence-corrected chi connectivity index (χ2v) is 4.83. The van der Waals surface area contributed by atoms with Crippen molar-refractivity contribution in [1.82, 2.24) is 15.4 Å². The van der Waals surface area contributed by atoms with Crippen molar-refractivity contribution in [3.8, 4) is 22.4 Å². The molecule has 0 saturated carbocycles. The Balaban J connectivity index is 1.90. The molecule has 0 saturated heterocycles. The minimum Gasteiger partial charge on any atom is -0.461 e. The van der Waals surface area contributed by atoms with Crippen molar-refractivity contribution in [3.63, 3.8) is 0 Å². The van der Waals surface area contributed by atoms with E-state index >= 15 is 0 Å². The summed E-state index contributed by atoms with van der Waals surface area (Å²) in [5.41, 5.74) is 3.18. The van der Waals surface area contributed by atoms with Gasteiger partial charge < -0.3 is 4.74 Å². The predicted octanol–water partition coefficient (Wildman–Crippen LogP) is 3.45. The van der Waals surface area contributed by atoms with E-state index in [2.05, 4.69) is 15.4 Å². The van der Waals surface area contributed by atoms with Crippen molar-refractivity contribution in [3.05, 3.63) is 60.0 Å². The first kappa shape index (κ1) is 14.9. The molecule has 0 atom stereocenters. The van der Waals surface area contributed by atoms with Crippen molar-refractivity contribution in [2.24, 2.45) is 0 Å². The Morgan fingerprint density at radius 2 is 1.57 bits per heavy atom. The van der Waals surface area contributed by atoms with Crippen LogP contribution in [0.2, 0.25) is 0 Å². The monoisotopic (exact) mass is 311 g/mol. The number of benzene rings is 2. The van der Waals surface area contributed by atoms with Gasteiger partial charge in [0.2, 0.25) is 0 Å². The smallest absolute Gasteiger partial charge is 0.361 e. The molecule has 0 aliphatic carbocycles. The van der Waals surface area contributed by atoms with E-state index < -0.39 is 5.97 Å². The number of aromatic amines is 1. The van der Waals surface area contributed by atoms with Crippen molar-refractivity contribution in [2.75, 3.05) is 6.61 Å². The molecule has 23 heavy (non-hydrogen) atoms. The number of halogens is 1. The molecular formula is C17H14FN3O2. The summed E-state index contributed by atoms with van der Waals surface area (Å²) in [6.45, 7) is 2.00. The van der Waals surface area contributed by atoms with Crippen molar-refractivity contribution in [2.45, 2.75) is 6.92 Å². The highest BCUT2D eigenvalue weighted by Gasteiger charge is 2.18. The summed E-state index contributed by atoms with van der Waals surface area (Å²) in [7, 11) is 0. The van der Waals surface area contributed by atoms with Gasteiger partial charge in [-0.1, -0.05) is 36.4 Å². The standard InChI is InChI=1S/C17H14FN3O2/c1-2-23-17(22)16-15(19-21-20-16)13-5-3-11(4-6-13)12-7-9-14(18)10-8-12/h3-10H,2H2,1H3,(H,19,20,21). The third kappa shape index (κ3) is 3.11. The molecule has 0 radical (unpaired) electrons. The molecule has 2 aromatic carbocycles. The van der Waals surface area contributed by atoms with Gasteiger partial charge in [0.15, 0.2) is 5.69 Å². The van der Waals surface area contributed by atoms with E-state index in [-0.39, 0.29) is 18.1 Å². The fourth-order valence-electron chi connectivity index (χ4n) is 2.24. The quantitative estimate of drug-likeness (QED) is 0.749. The molecule has 5 nitrogen and oxygen atoms in total. The number of rotatable bonds is 4. The number of aromatic nitrogens is 3. The van der Waals surface area contributed by atoms with E-state index in [1.807, 2.05) is 24.3 Å². The maximum atomic E-state index is 13.0. The number of esters is 1. The Hall–Kier alpha value is -3.02. The van der Waals surface area contributed by atoms with Crippen molar-refractivity contribution < 1.29 is 13.9 Å². The Labute approximate surface area is 132 Å². The number of nitrogens with one attached hydrogen (secondary N) is 1. The molecule has 0 aliphatic heterocycles. The van der Waals surface area contributed by atoms with Gasteiger partial charge in [0.05, 0.1) is 6.61 Å². The number of hydrogen-bond acceptors (Lipinski definition) is 4. The first-order valence-corrected chi connectivity index (χ1v) is 7.13. The third-order valence-electron chi connectivity index (χ3n) is 3.35. The van der Waals surface area contributed by atoms with Gasteiger partial charge in [0, 0.05) is 5.56 Å². The van der Waals surface area contributed by atoms with Crippen LogP contribution in [-0.2, 0) is 4.74 Å². The maximum absolute atomic E-state index is 13.0. The number of nitrogens with zero attached hydrogens (tertiary/aromatic N) is 2. The van der Waals surface area contributed by atoms with E-state index in [4.69, 9.17) is 4.74 Å². The van der Waals surface area contributed by atoms with Gasteiger partial charge in [-0.15, -0.1) is 5.10 Å². The number of hydrogen-bond donors (Lipinski definition) is 1. The Morgan fingerprint density at radius 1 is 1.00 bits per heavy atom. The van der Waals surface area contributed by atoms with Crippen LogP contribution in [0.4, 0.5) is 4.39 Å². The lowest BCUT2D eigenvalue weighted by Crippen LogP contribution is -2.06. The molecule has 0 spiro atoms. The van der Waals surface area contributed by atoms with Crippen LogP contribution < -0.4 is 0 Å². The van der Waals surface area contributed by atoms with Gasteiger partial charge in [-0.3, -0.25) is 0 Å². The zero-order valence-electron chi connectivity index (χ0n) is 12.4. The molecule has 116 valence electrons. The minimum atomic E-state index is -0.515. The van der Waals surface area contributed by atoms with E-state index in [9.17, 15) is 9.18 Å². The summed E-state index contributed by atoms with van der Waals surface area (Å²) < 4.78 is 17.9.